The van der Waals surface area contributed by atoms with Crippen LogP contribution in [0.1, 0.15) is 34.2 Å². The van der Waals surface area contributed by atoms with E-state index in [9.17, 15) is 9.59 Å². The molecule has 6 nitrogen and oxygen atoms in total. The lowest BCUT2D eigenvalue weighted by molar-refractivity contribution is -0.126. The number of anilines is 1. The number of hydrogen-bond donors (Lipinski definition) is 0. The van der Waals surface area contributed by atoms with Crippen molar-refractivity contribution < 1.29 is 14.3 Å². The maximum absolute atomic E-state index is 12.8. The number of amides is 1. The number of fused-ring (bicyclic) bond motifs is 2. The molecule has 0 spiro atoms. The van der Waals surface area contributed by atoms with Crippen LogP contribution in [0.5, 0.6) is 0 Å². The molecular weight excluding hydrogens is 354 g/mol. The summed E-state index contributed by atoms with van der Waals surface area (Å²) in [5, 5.41) is 0. The quantitative estimate of drug-likeness (QED) is 0.656. The first-order chi connectivity index (χ1) is 13.4. The van der Waals surface area contributed by atoms with E-state index in [2.05, 4.69) is 9.97 Å². The molecule has 28 heavy (non-hydrogen) atoms. The third-order valence-corrected chi connectivity index (χ3v) is 5.10. The zero-order chi connectivity index (χ0) is 19.8. The fourth-order valence-electron chi connectivity index (χ4n) is 3.42. The summed E-state index contributed by atoms with van der Waals surface area (Å²) in [5.74, 6) is -0.763. The van der Waals surface area contributed by atoms with E-state index in [0.717, 1.165) is 34.6 Å². The topological polar surface area (TPSA) is 72.4 Å². The third kappa shape index (κ3) is 3.22. The Morgan fingerprint density at radius 1 is 1.04 bits per heavy atom. The highest BCUT2D eigenvalue weighted by Gasteiger charge is 2.30. The first-order valence-electron chi connectivity index (χ1n) is 9.29. The number of aryl methyl sites for hydroxylation is 2. The Labute approximate surface area is 163 Å². The number of nitrogens with zero attached hydrogens (tertiary/aromatic N) is 3. The monoisotopic (exact) mass is 375 g/mol. The Bertz CT molecular complexity index is 1090. The number of carbonyl (C=O) groups excluding carboxylic acids is 2. The van der Waals surface area contributed by atoms with E-state index >= 15 is 0 Å². The average Bonchev–Trinajstić information content (AvgIpc) is 3.12. The van der Waals surface area contributed by atoms with Crippen molar-refractivity contribution in [2.75, 3.05) is 11.4 Å². The van der Waals surface area contributed by atoms with Gasteiger partial charge in [-0.25, -0.2) is 14.8 Å². The summed E-state index contributed by atoms with van der Waals surface area (Å²) >= 11 is 0. The zero-order valence-electron chi connectivity index (χ0n) is 16.1. The lowest BCUT2D eigenvalue weighted by Gasteiger charge is -2.21. The van der Waals surface area contributed by atoms with Crippen molar-refractivity contribution in [2.45, 2.75) is 33.3 Å². The van der Waals surface area contributed by atoms with Gasteiger partial charge >= 0.3 is 5.97 Å². The zero-order valence-corrected chi connectivity index (χ0v) is 16.1. The van der Waals surface area contributed by atoms with Gasteiger partial charge in [-0.2, -0.15) is 0 Å². The van der Waals surface area contributed by atoms with Gasteiger partial charge in [0.2, 0.25) is 0 Å². The minimum Gasteiger partial charge on any atom is -0.449 e. The summed E-state index contributed by atoms with van der Waals surface area (Å²) in [4.78, 5) is 36.0. The summed E-state index contributed by atoms with van der Waals surface area (Å²) in [6.45, 7) is 5.98. The van der Waals surface area contributed by atoms with Gasteiger partial charge < -0.3 is 9.64 Å². The van der Waals surface area contributed by atoms with Gasteiger partial charge in [-0.3, -0.25) is 4.79 Å². The van der Waals surface area contributed by atoms with Crippen molar-refractivity contribution in [3.05, 3.63) is 65.0 Å². The highest BCUT2D eigenvalue weighted by Crippen LogP contribution is 2.28. The van der Waals surface area contributed by atoms with Gasteiger partial charge in [0.15, 0.2) is 6.10 Å². The van der Waals surface area contributed by atoms with Crippen molar-refractivity contribution >= 4 is 28.6 Å². The largest absolute Gasteiger partial charge is 0.449 e. The molecule has 2 aromatic carbocycles. The van der Waals surface area contributed by atoms with Crippen LogP contribution in [-0.4, -0.2) is 34.5 Å². The predicted octanol–water partition coefficient (Wildman–Crippen LogP) is 3.38. The number of ether oxygens (including phenoxy) is 1. The molecule has 0 saturated heterocycles. The maximum atomic E-state index is 12.8. The van der Waals surface area contributed by atoms with Gasteiger partial charge in [0.1, 0.15) is 0 Å². The normalized spacial score (nSPS) is 14.0. The van der Waals surface area contributed by atoms with E-state index in [1.807, 2.05) is 38.1 Å². The first kappa shape index (κ1) is 18.1. The summed E-state index contributed by atoms with van der Waals surface area (Å²) in [6, 6.07) is 12.8. The van der Waals surface area contributed by atoms with Crippen LogP contribution in [0.4, 0.5) is 5.69 Å². The smallest absolute Gasteiger partial charge is 0.338 e. The Morgan fingerprint density at radius 3 is 2.54 bits per heavy atom. The van der Waals surface area contributed by atoms with E-state index < -0.39 is 12.1 Å². The van der Waals surface area contributed by atoms with Crippen molar-refractivity contribution in [1.29, 1.82) is 0 Å². The van der Waals surface area contributed by atoms with Gasteiger partial charge in [-0.05, 0) is 57.0 Å². The number of esters is 1. The molecule has 0 N–H and O–H groups in total. The molecule has 1 aliphatic heterocycles. The van der Waals surface area contributed by atoms with Gasteiger partial charge in [-0.15, -0.1) is 0 Å². The number of aromatic nitrogens is 2. The number of hydrogen-bond acceptors (Lipinski definition) is 5. The fraction of sp³-hybridized carbons (Fsp3) is 0.273. The van der Waals surface area contributed by atoms with Crippen molar-refractivity contribution in [1.82, 2.24) is 9.97 Å². The Kier molecular flexibility index (Phi) is 4.55. The molecule has 4 rings (SSSR count). The molecule has 2 heterocycles. The molecule has 142 valence electrons. The molecule has 1 aromatic heterocycles. The van der Waals surface area contributed by atoms with Crippen LogP contribution in [-0.2, 0) is 16.0 Å². The summed E-state index contributed by atoms with van der Waals surface area (Å²) in [7, 11) is 0. The van der Waals surface area contributed by atoms with Crippen molar-refractivity contribution in [3.63, 3.8) is 0 Å². The second-order valence-corrected chi connectivity index (χ2v) is 7.01. The Balaban J connectivity index is 1.51. The minimum absolute atomic E-state index is 0.217. The second-order valence-electron chi connectivity index (χ2n) is 7.01. The molecule has 0 aliphatic carbocycles. The summed E-state index contributed by atoms with van der Waals surface area (Å²) in [5.41, 5.74) is 5.39. The third-order valence-electron chi connectivity index (χ3n) is 5.10. The number of benzene rings is 2. The number of para-hydroxylation sites is 1. The van der Waals surface area contributed by atoms with E-state index in [4.69, 9.17) is 4.74 Å². The van der Waals surface area contributed by atoms with Gasteiger partial charge in [-0.1, -0.05) is 18.2 Å². The maximum Gasteiger partial charge on any atom is 0.338 e. The molecule has 1 atom stereocenters. The standard InChI is InChI=1S/C22H21N3O3/c1-13-14(2)24-19-12-17(8-9-18(19)23-13)22(27)28-15(3)21(26)25-11-10-16-6-4-5-7-20(16)25/h4-9,12,15H,10-11H2,1-3H3/t15-/m0/s1. The Hall–Kier alpha value is -3.28. The predicted molar refractivity (Wildman–Crippen MR) is 106 cm³/mol. The molecular formula is C22H21N3O3. The van der Waals surface area contributed by atoms with Crippen LogP contribution in [0.3, 0.4) is 0 Å². The first-order valence-corrected chi connectivity index (χ1v) is 9.29. The molecule has 0 saturated carbocycles. The van der Waals surface area contributed by atoms with Crippen molar-refractivity contribution in [2.24, 2.45) is 0 Å². The lowest BCUT2D eigenvalue weighted by atomic mass is 10.1. The van der Waals surface area contributed by atoms with E-state index in [1.165, 1.54) is 0 Å². The summed E-state index contributed by atoms with van der Waals surface area (Å²) < 4.78 is 5.45. The van der Waals surface area contributed by atoms with E-state index in [0.29, 0.717) is 17.6 Å². The van der Waals surface area contributed by atoms with Crippen LogP contribution < -0.4 is 4.90 Å². The second kappa shape index (κ2) is 7.03. The highest BCUT2D eigenvalue weighted by molar-refractivity contribution is 6.01. The van der Waals surface area contributed by atoms with Crippen LogP contribution in [0.25, 0.3) is 11.0 Å². The highest BCUT2D eigenvalue weighted by atomic mass is 16.5. The summed E-state index contributed by atoms with van der Waals surface area (Å²) in [6.07, 6.45) is -0.0646. The minimum atomic E-state index is -0.875. The average molecular weight is 375 g/mol. The Morgan fingerprint density at radius 2 is 1.75 bits per heavy atom. The van der Waals surface area contributed by atoms with Crippen molar-refractivity contribution in [3.8, 4) is 0 Å². The van der Waals surface area contributed by atoms with Crippen LogP contribution in [0, 0.1) is 13.8 Å². The molecule has 3 aromatic rings. The molecule has 1 amide bonds. The van der Waals surface area contributed by atoms with Gasteiger partial charge in [0.25, 0.3) is 5.91 Å². The van der Waals surface area contributed by atoms with Crippen LogP contribution >= 0.6 is 0 Å². The SMILES string of the molecule is Cc1nc2ccc(C(=O)O[C@@H](C)C(=O)N3CCc4ccccc43)cc2nc1C. The van der Waals surface area contributed by atoms with E-state index in [1.54, 1.807) is 30.0 Å². The molecule has 0 unspecified atom stereocenters. The number of rotatable bonds is 3. The van der Waals surface area contributed by atoms with Gasteiger partial charge in [0, 0.05) is 12.2 Å². The van der Waals surface area contributed by atoms with Crippen LogP contribution in [0.15, 0.2) is 42.5 Å². The molecule has 6 heteroatoms. The van der Waals surface area contributed by atoms with E-state index in [-0.39, 0.29) is 5.91 Å². The molecule has 1 aliphatic rings. The lowest BCUT2D eigenvalue weighted by Crippen LogP contribution is -2.39. The molecule has 0 radical (unpaired) electrons. The number of carbonyl (C=O) groups is 2. The fourth-order valence-corrected chi connectivity index (χ4v) is 3.42. The van der Waals surface area contributed by atoms with Gasteiger partial charge in [0.05, 0.1) is 28.0 Å². The van der Waals surface area contributed by atoms with Crippen LogP contribution in [0.2, 0.25) is 0 Å². The molecule has 0 fully saturated rings. The molecule has 0 bridgehead atoms.